The second-order valence-electron chi connectivity index (χ2n) is 10.1. The maximum atomic E-state index is 13.6. The molecule has 1 aliphatic rings. The molecule has 3 aromatic carbocycles. The van der Waals surface area contributed by atoms with Crippen molar-refractivity contribution in [1.29, 1.82) is 0 Å². The molecule has 40 heavy (non-hydrogen) atoms. The van der Waals surface area contributed by atoms with Gasteiger partial charge in [0.15, 0.2) is 5.75 Å². The Hall–Kier alpha value is -2.85. The summed E-state index contributed by atoms with van der Waals surface area (Å²) in [5.74, 6) is 0.157. The molecule has 0 radical (unpaired) electrons. The van der Waals surface area contributed by atoms with Crippen LogP contribution in [0.1, 0.15) is 44.7 Å². The van der Waals surface area contributed by atoms with E-state index in [9.17, 15) is 17.6 Å². The Bertz CT molecular complexity index is 1440. The SMILES string of the molecule is CC(C)C(c1ccc(F)cc1)N(C)C(=O)Nc1cc(S(=O)(=O)N2CCCCC2)ccc1Oc1cc(Cl)cc(Cl)c1. The molecule has 7 nitrogen and oxygen atoms in total. The molecule has 2 amide bonds. The van der Waals surface area contributed by atoms with Gasteiger partial charge in [0, 0.05) is 30.2 Å². The Morgan fingerprint density at radius 1 is 0.975 bits per heavy atom. The molecule has 1 aliphatic heterocycles. The predicted molar refractivity (Wildman–Crippen MR) is 156 cm³/mol. The number of benzene rings is 3. The Kier molecular flexibility index (Phi) is 9.61. The van der Waals surface area contributed by atoms with Crippen LogP contribution in [-0.4, -0.2) is 43.8 Å². The van der Waals surface area contributed by atoms with E-state index in [0.717, 1.165) is 24.8 Å². The quantitative estimate of drug-likeness (QED) is 0.282. The molecular formula is C29H32Cl2FN3O4S. The minimum atomic E-state index is -3.79. The number of urea groups is 1. The highest BCUT2D eigenvalue weighted by atomic mass is 35.5. The Morgan fingerprint density at radius 2 is 1.60 bits per heavy atom. The number of hydrogen-bond acceptors (Lipinski definition) is 4. The first kappa shape index (κ1) is 30.1. The molecule has 0 spiro atoms. The summed E-state index contributed by atoms with van der Waals surface area (Å²) in [6.07, 6.45) is 2.58. The fourth-order valence-electron chi connectivity index (χ4n) is 4.87. The van der Waals surface area contributed by atoms with Crippen molar-refractivity contribution in [3.05, 3.63) is 82.1 Å². The van der Waals surface area contributed by atoms with Crippen molar-refractivity contribution in [3.63, 3.8) is 0 Å². The summed E-state index contributed by atoms with van der Waals surface area (Å²) >= 11 is 12.3. The lowest BCUT2D eigenvalue weighted by Gasteiger charge is -2.32. The highest BCUT2D eigenvalue weighted by Crippen LogP contribution is 2.36. The zero-order chi connectivity index (χ0) is 29.0. The van der Waals surface area contributed by atoms with Crippen LogP contribution in [0.5, 0.6) is 11.5 Å². The van der Waals surface area contributed by atoms with E-state index < -0.39 is 16.1 Å². The normalized spacial score (nSPS) is 15.1. The third kappa shape index (κ3) is 7.07. The maximum absolute atomic E-state index is 13.6. The monoisotopic (exact) mass is 607 g/mol. The van der Waals surface area contributed by atoms with E-state index in [1.807, 2.05) is 13.8 Å². The summed E-state index contributed by atoms with van der Waals surface area (Å²) in [5, 5.41) is 3.55. The fraction of sp³-hybridized carbons (Fsp3) is 0.345. The number of carbonyl (C=O) groups is 1. The molecule has 1 fully saturated rings. The van der Waals surface area contributed by atoms with Crippen LogP contribution in [0, 0.1) is 11.7 Å². The van der Waals surface area contributed by atoms with Gasteiger partial charge in [0.05, 0.1) is 16.6 Å². The smallest absolute Gasteiger partial charge is 0.322 e. The number of amides is 2. The molecule has 1 atom stereocenters. The molecule has 1 saturated heterocycles. The number of hydrogen-bond donors (Lipinski definition) is 1. The lowest BCUT2D eigenvalue weighted by atomic mass is 9.95. The minimum Gasteiger partial charge on any atom is -0.455 e. The summed E-state index contributed by atoms with van der Waals surface area (Å²) in [7, 11) is -2.15. The third-order valence-corrected chi connectivity index (χ3v) is 9.12. The van der Waals surface area contributed by atoms with Gasteiger partial charge >= 0.3 is 6.03 Å². The van der Waals surface area contributed by atoms with E-state index in [1.165, 1.54) is 39.5 Å². The largest absolute Gasteiger partial charge is 0.455 e. The molecule has 1 N–H and O–H groups in total. The Morgan fingerprint density at radius 3 is 2.20 bits per heavy atom. The van der Waals surface area contributed by atoms with Crippen LogP contribution in [0.25, 0.3) is 0 Å². The minimum absolute atomic E-state index is 0.00338. The van der Waals surface area contributed by atoms with Gasteiger partial charge in [0.1, 0.15) is 11.6 Å². The zero-order valence-electron chi connectivity index (χ0n) is 22.5. The van der Waals surface area contributed by atoms with Gasteiger partial charge in [0.2, 0.25) is 10.0 Å². The number of rotatable bonds is 8. The first-order chi connectivity index (χ1) is 19.0. The van der Waals surface area contributed by atoms with Crippen molar-refractivity contribution in [1.82, 2.24) is 9.21 Å². The van der Waals surface area contributed by atoms with Crippen molar-refractivity contribution in [2.45, 2.75) is 44.0 Å². The van der Waals surface area contributed by atoms with Crippen LogP contribution in [-0.2, 0) is 10.0 Å². The van der Waals surface area contributed by atoms with Gasteiger partial charge in [-0.05, 0) is 72.9 Å². The van der Waals surface area contributed by atoms with E-state index in [2.05, 4.69) is 5.32 Å². The average Bonchev–Trinajstić information content (AvgIpc) is 2.90. The number of ether oxygens (including phenoxy) is 1. The fourth-order valence-corrected chi connectivity index (χ4v) is 6.92. The number of nitrogens with one attached hydrogen (secondary N) is 1. The van der Waals surface area contributed by atoms with Crippen molar-refractivity contribution in [2.24, 2.45) is 5.92 Å². The molecule has 0 saturated carbocycles. The number of piperidine rings is 1. The molecule has 0 bridgehead atoms. The van der Waals surface area contributed by atoms with Crippen LogP contribution in [0.3, 0.4) is 0 Å². The highest BCUT2D eigenvalue weighted by molar-refractivity contribution is 7.89. The van der Waals surface area contributed by atoms with Gasteiger partial charge in [-0.15, -0.1) is 0 Å². The highest BCUT2D eigenvalue weighted by Gasteiger charge is 2.29. The summed E-state index contributed by atoms with van der Waals surface area (Å²) < 4.78 is 47.9. The summed E-state index contributed by atoms with van der Waals surface area (Å²) in [5.41, 5.74) is 0.924. The molecule has 4 rings (SSSR count). The van der Waals surface area contributed by atoms with Gasteiger partial charge in [0.25, 0.3) is 0 Å². The van der Waals surface area contributed by atoms with Crippen LogP contribution in [0.4, 0.5) is 14.9 Å². The van der Waals surface area contributed by atoms with Crippen LogP contribution in [0.2, 0.25) is 10.0 Å². The van der Waals surface area contributed by atoms with E-state index in [-0.39, 0.29) is 34.1 Å². The molecule has 11 heteroatoms. The molecule has 214 valence electrons. The van der Waals surface area contributed by atoms with Crippen LogP contribution in [0.15, 0.2) is 65.6 Å². The molecular weight excluding hydrogens is 576 g/mol. The standard InChI is InChI=1S/C29H32Cl2FN3O4S/c1-19(2)28(20-7-9-23(32)10-8-20)34(3)29(36)33-26-18-25(40(37,38)35-13-5-4-6-14-35)11-12-27(26)39-24-16-21(30)15-22(31)17-24/h7-12,15-19,28H,4-6,13-14H2,1-3H3,(H,33,36). The van der Waals surface area contributed by atoms with E-state index in [4.69, 9.17) is 27.9 Å². The lowest BCUT2D eigenvalue weighted by molar-refractivity contribution is 0.186. The van der Waals surface area contributed by atoms with Gasteiger partial charge in [-0.2, -0.15) is 4.31 Å². The molecule has 1 unspecified atom stereocenters. The average molecular weight is 609 g/mol. The number of halogens is 3. The Labute approximate surface area is 244 Å². The van der Waals surface area contributed by atoms with Crippen molar-refractivity contribution in [2.75, 3.05) is 25.5 Å². The zero-order valence-corrected chi connectivity index (χ0v) is 24.9. The molecule has 3 aromatic rings. The topological polar surface area (TPSA) is 79.0 Å². The van der Waals surface area contributed by atoms with E-state index in [1.54, 1.807) is 37.4 Å². The third-order valence-electron chi connectivity index (χ3n) is 6.79. The second kappa shape index (κ2) is 12.8. The van der Waals surface area contributed by atoms with Gasteiger partial charge in [-0.3, -0.25) is 0 Å². The number of carbonyl (C=O) groups excluding carboxylic acids is 1. The number of anilines is 1. The second-order valence-corrected chi connectivity index (χ2v) is 12.9. The number of nitrogens with zero attached hydrogens (tertiary/aromatic N) is 2. The molecule has 0 aromatic heterocycles. The first-order valence-electron chi connectivity index (χ1n) is 13.0. The first-order valence-corrected chi connectivity index (χ1v) is 15.2. The van der Waals surface area contributed by atoms with Crippen LogP contribution < -0.4 is 10.1 Å². The van der Waals surface area contributed by atoms with Gasteiger partial charge in [-0.25, -0.2) is 17.6 Å². The molecule has 1 heterocycles. The van der Waals surface area contributed by atoms with Crippen molar-refractivity contribution < 1.29 is 22.3 Å². The predicted octanol–water partition coefficient (Wildman–Crippen LogP) is 7.96. The number of sulfonamides is 1. The van der Waals surface area contributed by atoms with Gasteiger partial charge < -0.3 is 15.0 Å². The summed E-state index contributed by atoms with van der Waals surface area (Å²) in [6, 6.07) is 14.2. The van der Waals surface area contributed by atoms with Crippen LogP contribution >= 0.6 is 23.2 Å². The maximum Gasteiger partial charge on any atom is 0.322 e. The van der Waals surface area contributed by atoms with E-state index >= 15 is 0 Å². The van der Waals surface area contributed by atoms with Crippen molar-refractivity contribution >= 4 is 44.9 Å². The van der Waals surface area contributed by atoms with E-state index in [0.29, 0.717) is 28.9 Å². The summed E-state index contributed by atoms with van der Waals surface area (Å²) in [4.78, 5) is 15.1. The van der Waals surface area contributed by atoms with Gasteiger partial charge in [-0.1, -0.05) is 55.6 Å². The molecule has 0 aliphatic carbocycles. The van der Waals surface area contributed by atoms with Crippen molar-refractivity contribution in [3.8, 4) is 11.5 Å². The lowest BCUT2D eigenvalue weighted by Crippen LogP contribution is -2.37. The summed E-state index contributed by atoms with van der Waals surface area (Å²) in [6.45, 7) is 4.81. The Balaban J connectivity index is 1.69.